The zero-order valence-corrected chi connectivity index (χ0v) is 10.3. The molecule has 0 spiro atoms. The highest BCUT2D eigenvalue weighted by molar-refractivity contribution is 7.80. The van der Waals surface area contributed by atoms with E-state index < -0.39 is 5.63 Å². The fourth-order valence-electron chi connectivity index (χ4n) is 1.37. The SMILES string of the molecule is COc1cc(=O)oc(C(=O)C[C@@H](C)S)c1C. The molecule has 1 heterocycles. The van der Waals surface area contributed by atoms with Crippen LogP contribution in [0.25, 0.3) is 0 Å². The van der Waals surface area contributed by atoms with Gasteiger partial charge in [-0.2, -0.15) is 12.6 Å². The standard InChI is InChI=1S/C11H14O4S/c1-6(16)4-8(12)11-7(2)9(14-3)5-10(13)15-11/h5-6,16H,4H2,1-3H3/t6-/m1/s1. The van der Waals surface area contributed by atoms with Gasteiger partial charge in [0.15, 0.2) is 11.5 Å². The highest BCUT2D eigenvalue weighted by Gasteiger charge is 2.18. The van der Waals surface area contributed by atoms with E-state index in [1.807, 2.05) is 0 Å². The van der Waals surface area contributed by atoms with Crippen LogP contribution in [0.3, 0.4) is 0 Å². The van der Waals surface area contributed by atoms with Crippen LogP contribution in [0.15, 0.2) is 15.3 Å². The van der Waals surface area contributed by atoms with Crippen molar-refractivity contribution in [3.8, 4) is 5.75 Å². The van der Waals surface area contributed by atoms with Crippen LogP contribution < -0.4 is 10.4 Å². The van der Waals surface area contributed by atoms with Gasteiger partial charge in [-0.25, -0.2) is 4.79 Å². The Morgan fingerprint density at radius 2 is 2.25 bits per heavy atom. The van der Waals surface area contributed by atoms with Crippen LogP contribution in [-0.2, 0) is 0 Å². The Hall–Kier alpha value is -1.23. The molecule has 0 radical (unpaired) electrons. The Bertz CT molecular complexity index is 448. The number of thiol groups is 1. The van der Waals surface area contributed by atoms with E-state index in [1.165, 1.54) is 13.2 Å². The highest BCUT2D eigenvalue weighted by Crippen LogP contribution is 2.20. The molecule has 1 aromatic rings. The summed E-state index contributed by atoms with van der Waals surface area (Å²) < 4.78 is 9.88. The summed E-state index contributed by atoms with van der Waals surface area (Å²) in [4.78, 5) is 23.0. The summed E-state index contributed by atoms with van der Waals surface area (Å²) in [7, 11) is 1.44. The van der Waals surface area contributed by atoms with Gasteiger partial charge in [-0.1, -0.05) is 6.92 Å². The molecule has 0 unspecified atom stereocenters. The van der Waals surface area contributed by atoms with Crippen molar-refractivity contribution >= 4 is 18.4 Å². The van der Waals surface area contributed by atoms with Gasteiger partial charge >= 0.3 is 5.63 Å². The van der Waals surface area contributed by atoms with Gasteiger partial charge in [0.2, 0.25) is 0 Å². The van der Waals surface area contributed by atoms with Crippen LogP contribution in [-0.4, -0.2) is 18.1 Å². The molecule has 1 atom stereocenters. The van der Waals surface area contributed by atoms with Crippen molar-refractivity contribution in [1.82, 2.24) is 0 Å². The van der Waals surface area contributed by atoms with E-state index in [4.69, 9.17) is 9.15 Å². The number of hydrogen-bond donors (Lipinski definition) is 1. The lowest BCUT2D eigenvalue weighted by Crippen LogP contribution is -2.12. The Morgan fingerprint density at radius 1 is 1.62 bits per heavy atom. The van der Waals surface area contributed by atoms with Crippen LogP contribution in [0.1, 0.15) is 29.5 Å². The van der Waals surface area contributed by atoms with Crippen molar-refractivity contribution < 1.29 is 13.9 Å². The van der Waals surface area contributed by atoms with Gasteiger partial charge in [0, 0.05) is 17.2 Å². The molecular formula is C11H14O4S. The predicted molar refractivity (Wildman–Crippen MR) is 63.7 cm³/mol. The summed E-state index contributed by atoms with van der Waals surface area (Å²) in [5.74, 6) is 0.188. The molecule has 0 amide bonds. The number of hydrogen-bond acceptors (Lipinski definition) is 5. The van der Waals surface area contributed by atoms with Crippen molar-refractivity contribution in [3.05, 3.63) is 27.8 Å². The minimum absolute atomic E-state index is 0.0604. The lowest BCUT2D eigenvalue weighted by atomic mass is 10.1. The molecule has 0 aromatic carbocycles. The van der Waals surface area contributed by atoms with E-state index in [0.29, 0.717) is 11.3 Å². The maximum absolute atomic E-state index is 11.8. The van der Waals surface area contributed by atoms with Crippen LogP contribution in [0, 0.1) is 6.92 Å². The second-order valence-corrected chi connectivity index (χ2v) is 4.45. The van der Waals surface area contributed by atoms with E-state index in [9.17, 15) is 9.59 Å². The smallest absolute Gasteiger partial charge is 0.340 e. The third-order valence-corrected chi connectivity index (χ3v) is 2.30. The number of carbonyl (C=O) groups is 1. The Morgan fingerprint density at radius 3 is 2.75 bits per heavy atom. The van der Waals surface area contributed by atoms with Gasteiger partial charge in [-0.3, -0.25) is 4.79 Å². The van der Waals surface area contributed by atoms with E-state index in [0.717, 1.165) is 0 Å². The third-order valence-electron chi connectivity index (χ3n) is 2.12. The first-order valence-electron chi connectivity index (χ1n) is 4.85. The van der Waals surface area contributed by atoms with Crippen LogP contribution in [0.2, 0.25) is 0 Å². The summed E-state index contributed by atoms with van der Waals surface area (Å²) >= 11 is 4.12. The molecule has 0 fully saturated rings. The molecule has 0 aliphatic carbocycles. The number of ether oxygens (including phenoxy) is 1. The van der Waals surface area contributed by atoms with Crippen LogP contribution >= 0.6 is 12.6 Å². The molecule has 1 rings (SSSR count). The molecule has 4 nitrogen and oxygen atoms in total. The second-order valence-electron chi connectivity index (χ2n) is 3.56. The lowest BCUT2D eigenvalue weighted by Gasteiger charge is -2.08. The number of rotatable bonds is 4. The Balaban J connectivity index is 3.18. The largest absolute Gasteiger partial charge is 0.496 e. The van der Waals surface area contributed by atoms with Gasteiger partial charge < -0.3 is 9.15 Å². The average molecular weight is 242 g/mol. The molecule has 5 heteroatoms. The molecule has 0 N–H and O–H groups in total. The molecule has 0 bridgehead atoms. The summed E-state index contributed by atoms with van der Waals surface area (Å²) in [5, 5.41) is -0.0802. The first-order chi connectivity index (χ1) is 7.45. The predicted octanol–water partition coefficient (Wildman–Crippen LogP) is 1.85. The normalized spacial score (nSPS) is 12.2. The molecule has 0 saturated heterocycles. The first kappa shape index (κ1) is 12.8. The molecular weight excluding hydrogens is 228 g/mol. The van der Waals surface area contributed by atoms with E-state index in [2.05, 4.69) is 12.6 Å². The minimum atomic E-state index is -0.586. The Kier molecular flexibility index (Phi) is 4.18. The minimum Gasteiger partial charge on any atom is -0.496 e. The zero-order valence-electron chi connectivity index (χ0n) is 9.44. The number of methoxy groups -OCH3 is 1. The molecule has 16 heavy (non-hydrogen) atoms. The fourth-order valence-corrected chi connectivity index (χ4v) is 1.54. The van der Waals surface area contributed by atoms with E-state index in [-0.39, 0.29) is 23.2 Å². The lowest BCUT2D eigenvalue weighted by molar-refractivity contribution is 0.0950. The molecule has 1 aromatic heterocycles. The molecule has 88 valence electrons. The van der Waals surface area contributed by atoms with Crippen LogP contribution in [0.4, 0.5) is 0 Å². The first-order valence-corrected chi connectivity index (χ1v) is 5.37. The van der Waals surface area contributed by atoms with Crippen molar-refractivity contribution in [2.24, 2.45) is 0 Å². The summed E-state index contributed by atoms with van der Waals surface area (Å²) in [6, 6.07) is 1.22. The maximum atomic E-state index is 11.8. The van der Waals surface area contributed by atoms with Crippen LogP contribution in [0.5, 0.6) is 5.75 Å². The van der Waals surface area contributed by atoms with Crippen molar-refractivity contribution in [2.75, 3.05) is 7.11 Å². The molecule has 0 saturated carbocycles. The molecule has 0 aliphatic rings. The number of carbonyl (C=O) groups excluding carboxylic acids is 1. The number of ketones is 1. The topological polar surface area (TPSA) is 56.5 Å². The van der Waals surface area contributed by atoms with Gasteiger partial charge in [0.05, 0.1) is 13.2 Å². The zero-order chi connectivity index (χ0) is 12.3. The Labute approximate surface area is 99.0 Å². The van der Waals surface area contributed by atoms with Gasteiger partial charge in [0.1, 0.15) is 5.75 Å². The quantitative estimate of drug-likeness (QED) is 0.646. The highest BCUT2D eigenvalue weighted by atomic mass is 32.1. The van der Waals surface area contributed by atoms with Gasteiger partial charge in [-0.05, 0) is 6.92 Å². The maximum Gasteiger partial charge on any atom is 0.340 e. The summed E-state index contributed by atoms with van der Waals surface area (Å²) in [5.41, 5.74) is -0.0429. The van der Waals surface area contributed by atoms with Crippen molar-refractivity contribution in [2.45, 2.75) is 25.5 Å². The summed E-state index contributed by atoms with van der Waals surface area (Å²) in [6.45, 7) is 3.48. The van der Waals surface area contributed by atoms with Crippen molar-refractivity contribution in [3.63, 3.8) is 0 Å². The summed E-state index contributed by atoms with van der Waals surface area (Å²) in [6.07, 6.45) is 0.222. The number of Topliss-reactive ketones (excluding diaryl/α,β-unsaturated/α-hetero) is 1. The molecule has 0 aliphatic heterocycles. The monoisotopic (exact) mass is 242 g/mol. The second kappa shape index (κ2) is 5.21. The average Bonchev–Trinajstić information content (AvgIpc) is 2.19. The van der Waals surface area contributed by atoms with Crippen molar-refractivity contribution in [1.29, 1.82) is 0 Å². The fraction of sp³-hybridized carbons (Fsp3) is 0.455. The van der Waals surface area contributed by atoms with Gasteiger partial charge in [-0.15, -0.1) is 0 Å². The van der Waals surface area contributed by atoms with Gasteiger partial charge in [0.25, 0.3) is 0 Å². The van der Waals surface area contributed by atoms with E-state index >= 15 is 0 Å². The van der Waals surface area contributed by atoms with E-state index in [1.54, 1.807) is 13.8 Å². The third kappa shape index (κ3) is 2.88.